The molecular formula is C14H13NO3. The second kappa shape index (κ2) is 4.87. The lowest BCUT2D eigenvalue weighted by molar-refractivity contribution is 0.0583. The van der Waals surface area contributed by atoms with Gasteiger partial charge in [-0.3, -0.25) is 9.36 Å². The largest absolute Gasteiger partial charge is 0.464 e. The minimum Gasteiger partial charge on any atom is -0.464 e. The molecule has 1 aromatic carbocycles. The van der Waals surface area contributed by atoms with Crippen LogP contribution in [0.1, 0.15) is 26.4 Å². The first kappa shape index (κ1) is 12.1. The molecule has 0 aliphatic carbocycles. The summed E-state index contributed by atoms with van der Waals surface area (Å²) in [5, 5.41) is 0. The Morgan fingerprint density at radius 2 is 1.78 bits per heavy atom. The van der Waals surface area contributed by atoms with E-state index >= 15 is 0 Å². The van der Waals surface area contributed by atoms with Crippen molar-refractivity contribution in [3.05, 3.63) is 59.4 Å². The zero-order valence-electron chi connectivity index (χ0n) is 10.2. The molecule has 0 aliphatic rings. The fourth-order valence-corrected chi connectivity index (χ4v) is 1.66. The number of esters is 1. The van der Waals surface area contributed by atoms with Crippen LogP contribution in [0.25, 0.3) is 0 Å². The predicted molar refractivity (Wildman–Crippen MR) is 66.7 cm³/mol. The van der Waals surface area contributed by atoms with E-state index < -0.39 is 5.97 Å². The third-order valence-electron chi connectivity index (χ3n) is 2.66. The molecule has 0 saturated carbocycles. The Morgan fingerprint density at radius 3 is 2.39 bits per heavy atom. The van der Waals surface area contributed by atoms with Crippen LogP contribution >= 0.6 is 0 Å². The quantitative estimate of drug-likeness (QED) is 0.760. The number of hydrogen-bond acceptors (Lipinski definition) is 3. The summed E-state index contributed by atoms with van der Waals surface area (Å²) in [7, 11) is 1.29. The van der Waals surface area contributed by atoms with Gasteiger partial charge >= 0.3 is 5.97 Å². The molecule has 1 heterocycles. The number of hydrogen-bond donors (Lipinski definition) is 0. The van der Waals surface area contributed by atoms with Gasteiger partial charge in [0.1, 0.15) is 5.69 Å². The van der Waals surface area contributed by atoms with E-state index in [2.05, 4.69) is 4.74 Å². The first-order valence-corrected chi connectivity index (χ1v) is 5.50. The lowest BCUT2D eigenvalue weighted by Crippen LogP contribution is -2.17. The molecule has 0 atom stereocenters. The van der Waals surface area contributed by atoms with Gasteiger partial charge in [0, 0.05) is 11.8 Å². The zero-order chi connectivity index (χ0) is 13.1. The third kappa shape index (κ3) is 2.18. The number of carbonyl (C=O) groups is 2. The maximum absolute atomic E-state index is 12.2. The van der Waals surface area contributed by atoms with Crippen molar-refractivity contribution in [3.8, 4) is 0 Å². The number of rotatable bonds is 2. The molecule has 2 rings (SSSR count). The lowest BCUT2D eigenvalue weighted by Gasteiger charge is -2.06. The molecule has 0 radical (unpaired) electrons. The molecule has 1 aromatic heterocycles. The molecular weight excluding hydrogens is 230 g/mol. The number of aryl methyl sites for hydroxylation is 1. The Morgan fingerprint density at radius 1 is 1.11 bits per heavy atom. The lowest BCUT2D eigenvalue weighted by atomic mass is 10.1. The van der Waals surface area contributed by atoms with Crippen molar-refractivity contribution in [1.82, 2.24) is 4.57 Å². The Labute approximate surface area is 105 Å². The molecule has 92 valence electrons. The van der Waals surface area contributed by atoms with Gasteiger partial charge < -0.3 is 4.74 Å². The zero-order valence-corrected chi connectivity index (χ0v) is 10.2. The number of nitrogens with zero attached hydrogens (tertiary/aromatic N) is 1. The summed E-state index contributed by atoms with van der Waals surface area (Å²) < 4.78 is 5.92. The van der Waals surface area contributed by atoms with Crippen LogP contribution in [0.5, 0.6) is 0 Å². The maximum atomic E-state index is 12.2. The van der Waals surface area contributed by atoms with Gasteiger partial charge in [-0.05, 0) is 31.2 Å². The summed E-state index contributed by atoms with van der Waals surface area (Å²) in [6.45, 7) is 1.95. The van der Waals surface area contributed by atoms with Crippen molar-refractivity contribution in [3.63, 3.8) is 0 Å². The van der Waals surface area contributed by atoms with E-state index in [9.17, 15) is 9.59 Å². The van der Waals surface area contributed by atoms with Gasteiger partial charge in [0.15, 0.2) is 0 Å². The number of carbonyl (C=O) groups excluding carboxylic acids is 2. The van der Waals surface area contributed by atoms with E-state index in [1.54, 1.807) is 30.5 Å². The highest BCUT2D eigenvalue weighted by Crippen LogP contribution is 2.10. The van der Waals surface area contributed by atoms with E-state index in [-0.39, 0.29) is 11.6 Å². The minimum atomic E-state index is -0.527. The minimum absolute atomic E-state index is 0.225. The van der Waals surface area contributed by atoms with Crippen molar-refractivity contribution in [1.29, 1.82) is 0 Å². The van der Waals surface area contributed by atoms with Crippen LogP contribution in [0.2, 0.25) is 0 Å². The molecule has 2 aromatic rings. The van der Waals surface area contributed by atoms with Crippen molar-refractivity contribution in [2.45, 2.75) is 6.92 Å². The number of aromatic nitrogens is 1. The summed E-state index contributed by atoms with van der Waals surface area (Å²) in [6, 6.07) is 10.4. The molecule has 4 nitrogen and oxygen atoms in total. The van der Waals surface area contributed by atoms with Crippen molar-refractivity contribution >= 4 is 11.9 Å². The van der Waals surface area contributed by atoms with Crippen LogP contribution in [0.4, 0.5) is 0 Å². The Balaban J connectivity index is 2.37. The van der Waals surface area contributed by atoms with E-state index in [1.165, 1.54) is 11.7 Å². The molecule has 18 heavy (non-hydrogen) atoms. The smallest absolute Gasteiger partial charge is 0.355 e. The van der Waals surface area contributed by atoms with Crippen molar-refractivity contribution < 1.29 is 14.3 Å². The maximum Gasteiger partial charge on any atom is 0.355 e. The first-order valence-electron chi connectivity index (χ1n) is 5.50. The molecule has 4 heteroatoms. The van der Waals surface area contributed by atoms with Crippen LogP contribution in [-0.4, -0.2) is 23.6 Å². The van der Waals surface area contributed by atoms with Crippen molar-refractivity contribution in [2.75, 3.05) is 7.11 Å². The third-order valence-corrected chi connectivity index (χ3v) is 2.66. The average Bonchev–Trinajstić information content (AvgIpc) is 2.87. The highest BCUT2D eigenvalue weighted by atomic mass is 16.5. The summed E-state index contributed by atoms with van der Waals surface area (Å²) >= 11 is 0. The van der Waals surface area contributed by atoms with E-state index in [0.717, 1.165) is 5.56 Å². The summed E-state index contributed by atoms with van der Waals surface area (Å²) in [5.74, 6) is -0.777. The van der Waals surface area contributed by atoms with Gasteiger partial charge in [0.25, 0.3) is 5.91 Å². The van der Waals surface area contributed by atoms with Gasteiger partial charge in [-0.15, -0.1) is 0 Å². The Kier molecular flexibility index (Phi) is 3.28. The predicted octanol–water partition coefficient (Wildman–Crippen LogP) is 2.27. The van der Waals surface area contributed by atoms with Gasteiger partial charge in [0.2, 0.25) is 0 Å². The number of benzene rings is 1. The molecule has 0 fully saturated rings. The normalized spacial score (nSPS) is 10.1. The number of ether oxygens (including phenoxy) is 1. The molecule has 0 bridgehead atoms. The number of methoxy groups -OCH3 is 1. The summed E-state index contributed by atoms with van der Waals surface area (Å²) in [4.78, 5) is 23.7. The fourth-order valence-electron chi connectivity index (χ4n) is 1.66. The molecule has 0 spiro atoms. The second-order valence-corrected chi connectivity index (χ2v) is 3.93. The van der Waals surface area contributed by atoms with Crippen LogP contribution in [0.15, 0.2) is 42.6 Å². The molecule has 0 saturated heterocycles. The summed E-state index contributed by atoms with van der Waals surface area (Å²) in [6.07, 6.45) is 1.55. The molecule has 0 aliphatic heterocycles. The van der Waals surface area contributed by atoms with Crippen LogP contribution < -0.4 is 0 Å². The van der Waals surface area contributed by atoms with Gasteiger partial charge in [0.05, 0.1) is 7.11 Å². The second-order valence-electron chi connectivity index (χ2n) is 3.93. The first-order chi connectivity index (χ1) is 8.63. The van der Waals surface area contributed by atoms with E-state index in [0.29, 0.717) is 5.56 Å². The highest BCUT2D eigenvalue weighted by Gasteiger charge is 2.16. The van der Waals surface area contributed by atoms with E-state index in [1.807, 2.05) is 19.1 Å². The fraction of sp³-hybridized carbons (Fsp3) is 0.143. The van der Waals surface area contributed by atoms with Gasteiger partial charge in [-0.25, -0.2) is 4.79 Å². The monoisotopic (exact) mass is 243 g/mol. The highest BCUT2D eigenvalue weighted by molar-refractivity contribution is 6.01. The Hall–Kier alpha value is -2.36. The molecule has 0 N–H and O–H groups in total. The average molecular weight is 243 g/mol. The summed E-state index contributed by atoms with van der Waals surface area (Å²) in [5.41, 5.74) is 1.83. The van der Waals surface area contributed by atoms with Crippen molar-refractivity contribution in [2.24, 2.45) is 0 Å². The molecule has 0 unspecified atom stereocenters. The van der Waals surface area contributed by atoms with Crippen LogP contribution in [0, 0.1) is 6.92 Å². The Bertz CT molecular complexity index is 581. The molecule has 0 amide bonds. The topological polar surface area (TPSA) is 48.3 Å². The van der Waals surface area contributed by atoms with Gasteiger partial charge in [-0.1, -0.05) is 17.7 Å². The standard InChI is InChI=1S/C14H13NO3/c1-10-5-7-11(8-6-10)13(16)15-9-3-4-12(15)14(17)18-2/h3-9H,1-2H3. The van der Waals surface area contributed by atoms with Crippen LogP contribution in [0.3, 0.4) is 0 Å². The SMILES string of the molecule is COC(=O)c1cccn1C(=O)c1ccc(C)cc1. The van der Waals surface area contributed by atoms with E-state index in [4.69, 9.17) is 0 Å². The van der Waals surface area contributed by atoms with Crippen LogP contribution in [-0.2, 0) is 4.74 Å². The van der Waals surface area contributed by atoms with Gasteiger partial charge in [-0.2, -0.15) is 0 Å².